The molecule has 0 aliphatic carbocycles. The minimum Gasteiger partial charge on any atom is -0.373 e. The lowest BCUT2D eigenvalue weighted by Gasteiger charge is -2.31. The van der Waals surface area contributed by atoms with Gasteiger partial charge in [-0.1, -0.05) is 18.2 Å². The summed E-state index contributed by atoms with van der Waals surface area (Å²) in [5, 5.41) is 10.5. The van der Waals surface area contributed by atoms with Gasteiger partial charge < -0.3 is 9.95 Å². The van der Waals surface area contributed by atoms with Gasteiger partial charge in [0.15, 0.2) is 0 Å². The fourth-order valence-electron chi connectivity index (χ4n) is 2.04. The molecule has 1 aromatic carbocycles. The van der Waals surface area contributed by atoms with Crippen molar-refractivity contribution in [3.05, 3.63) is 75.6 Å². The molecule has 1 N–H and O–H groups in total. The summed E-state index contributed by atoms with van der Waals surface area (Å²) in [6.45, 7) is 5.83. The van der Waals surface area contributed by atoms with Crippen molar-refractivity contribution in [3.8, 4) is 0 Å². The summed E-state index contributed by atoms with van der Waals surface area (Å²) in [5.41, 5.74) is -4.40. The molecular formula is C15H10BrF3N2O. The van der Waals surface area contributed by atoms with E-state index in [2.05, 4.69) is 25.8 Å². The number of hydrogen-bond acceptors (Lipinski definition) is 2. The van der Waals surface area contributed by atoms with Gasteiger partial charge in [-0.05, 0) is 34.1 Å². The Hall–Kier alpha value is -1.91. The van der Waals surface area contributed by atoms with Crippen molar-refractivity contribution >= 4 is 15.9 Å². The highest BCUT2D eigenvalue weighted by molar-refractivity contribution is 9.10. The van der Waals surface area contributed by atoms with Crippen LogP contribution in [0, 0.1) is 12.4 Å². The molecule has 1 heterocycles. The highest BCUT2D eigenvalue weighted by Crippen LogP contribution is 2.45. The van der Waals surface area contributed by atoms with Crippen LogP contribution in [0.2, 0.25) is 0 Å². The highest BCUT2D eigenvalue weighted by Gasteiger charge is 2.60. The lowest BCUT2D eigenvalue weighted by atomic mass is 9.85. The zero-order valence-electron chi connectivity index (χ0n) is 11.1. The van der Waals surface area contributed by atoms with Crippen LogP contribution in [-0.2, 0) is 11.5 Å². The first kappa shape index (κ1) is 16.5. The van der Waals surface area contributed by atoms with Gasteiger partial charge in [-0.25, -0.2) is 11.0 Å². The molecule has 0 saturated carbocycles. The van der Waals surface area contributed by atoms with Crippen LogP contribution in [0.1, 0.15) is 11.3 Å². The second-order valence-electron chi connectivity index (χ2n) is 4.59. The van der Waals surface area contributed by atoms with Gasteiger partial charge in [0.05, 0.1) is 0 Å². The lowest BCUT2D eigenvalue weighted by Crippen LogP contribution is -2.46. The van der Waals surface area contributed by atoms with Crippen LogP contribution in [0.3, 0.4) is 0 Å². The molecule has 1 aromatic heterocycles. The average Bonchev–Trinajstić information content (AvgIpc) is 2.48. The third kappa shape index (κ3) is 2.72. The molecule has 114 valence electrons. The van der Waals surface area contributed by atoms with E-state index in [1.807, 2.05) is 0 Å². The monoisotopic (exact) mass is 370 g/mol. The number of aliphatic hydroxyl groups is 1. The molecule has 0 amide bonds. The van der Waals surface area contributed by atoms with E-state index in [1.54, 1.807) is 0 Å². The van der Waals surface area contributed by atoms with Gasteiger partial charge >= 0.3 is 5.92 Å². The minimum atomic E-state index is -3.94. The quantitative estimate of drug-likeness (QED) is 0.829. The Morgan fingerprint density at radius 3 is 2.45 bits per heavy atom. The summed E-state index contributed by atoms with van der Waals surface area (Å²) in [4.78, 5) is 6.42. The molecule has 3 nitrogen and oxygen atoms in total. The third-order valence-corrected chi connectivity index (χ3v) is 3.66. The molecule has 2 aromatic rings. The highest BCUT2D eigenvalue weighted by atomic mass is 79.9. The van der Waals surface area contributed by atoms with E-state index in [0.717, 1.165) is 24.4 Å². The van der Waals surface area contributed by atoms with Crippen LogP contribution >= 0.6 is 15.9 Å². The number of nitrogens with zero attached hydrogens (tertiary/aromatic N) is 2. The minimum absolute atomic E-state index is 0.478. The summed E-state index contributed by atoms with van der Waals surface area (Å²) in [6, 6.07) is 6.96. The topological polar surface area (TPSA) is 37.5 Å². The largest absolute Gasteiger partial charge is 0.373 e. The fourth-order valence-corrected chi connectivity index (χ4v) is 2.27. The molecule has 0 fully saturated rings. The van der Waals surface area contributed by atoms with Crippen LogP contribution in [0.5, 0.6) is 0 Å². The van der Waals surface area contributed by atoms with Gasteiger partial charge in [-0.2, -0.15) is 8.78 Å². The number of benzene rings is 1. The van der Waals surface area contributed by atoms with E-state index in [-0.39, 0.29) is 0 Å². The predicted molar refractivity (Wildman–Crippen MR) is 77.6 cm³/mol. The van der Waals surface area contributed by atoms with Gasteiger partial charge in [0, 0.05) is 16.2 Å². The first-order valence-corrected chi connectivity index (χ1v) is 6.92. The summed E-state index contributed by atoms with van der Waals surface area (Å²) in [7, 11) is 0. The Morgan fingerprint density at radius 2 is 1.91 bits per heavy atom. The van der Waals surface area contributed by atoms with Crippen molar-refractivity contribution < 1.29 is 18.3 Å². The molecule has 0 bridgehead atoms. The Morgan fingerprint density at radius 1 is 1.23 bits per heavy atom. The van der Waals surface area contributed by atoms with Crippen molar-refractivity contribution in [2.75, 3.05) is 6.54 Å². The maximum Gasteiger partial charge on any atom is 0.329 e. The Bertz CT molecular complexity index is 715. The summed E-state index contributed by atoms with van der Waals surface area (Å²) in [5.74, 6) is -4.95. The molecule has 1 unspecified atom stereocenters. The Kier molecular flexibility index (Phi) is 4.54. The van der Waals surface area contributed by atoms with Gasteiger partial charge in [-0.15, -0.1) is 0 Å². The Balaban J connectivity index is 2.62. The van der Waals surface area contributed by atoms with E-state index in [4.69, 9.17) is 6.57 Å². The van der Waals surface area contributed by atoms with Crippen LogP contribution in [0.15, 0.2) is 47.1 Å². The SMILES string of the molecule is [C-]#[N+]CC(O)(c1ccccc1F)C(F)(F)c1ccc(Br)cn1. The molecule has 0 radical (unpaired) electrons. The van der Waals surface area contributed by atoms with Gasteiger partial charge in [0.2, 0.25) is 5.60 Å². The van der Waals surface area contributed by atoms with Crippen molar-refractivity contribution in [1.82, 2.24) is 4.98 Å². The zero-order chi connectivity index (χ0) is 16.4. The standard InChI is InChI=1S/C15H10BrF3N2O/c1-20-9-14(22,11-4-2-3-5-12(11)17)15(18,19)13-7-6-10(16)8-21-13/h2-8,22H,9H2. The van der Waals surface area contributed by atoms with Gasteiger partial charge in [0.25, 0.3) is 6.54 Å². The maximum atomic E-state index is 14.8. The summed E-state index contributed by atoms with van der Waals surface area (Å²) >= 11 is 3.07. The number of pyridine rings is 1. The molecule has 0 saturated heterocycles. The van der Waals surface area contributed by atoms with Crippen molar-refractivity contribution in [3.63, 3.8) is 0 Å². The molecular weight excluding hydrogens is 361 g/mol. The molecule has 0 aliphatic rings. The van der Waals surface area contributed by atoms with Crippen molar-refractivity contribution in [2.24, 2.45) is 0 Å². The van der Waals surface area contributed by atoms with E-state index in [0.29, 0.717) is 4.47 Å². The van der Waals surface area contributed by atoms with Crippen LogP contribution in [-0.4, -0.2) is 16.6 Å². The molecule has 0 aliphatic heterocycles. The third-order valence-electron chi connectivity index (χ3n) is 3.20. The smallest absolute Gasteiger partial charge is 0.329 e. The zero-order valence-corrected chi connectivity index (χ0v) is 12.7. The molecule has 1 atom stereocenters. The number of hydrogen-bond donors (Lipinski definition) is 1. The van der Waals surface area contributed by atoms with Gasteiger partial charge in [-0.3, -0.25) is 4.98 Å². The maximum absolute atomic E-state index is 14.8. The van der Waals surface area contributed by atoms with Crippen LogP contribution in [0.25, 0.3) is 4.85 Å². The number of rotatable bonds is 4. The summed E-state index contributed by atoms with van der Waals surface area (Å²) in [6.07, 6.45) is 1.14. The van der Waals surface area contributed by atoms with E-state index < -0.39 is 35.1 Å². The van der Waals surface area contributed by atoms with E-state index in [9.17, 15) is 18.3 Å². The van der Waals surface area contributed by atoms with E-state index in [1.165, 1.54) is 18.2 Å². The van der Waals surface area contributed by atoms with Crippen LogP contribution < -0.4 is 0 Å². The van der Waals surface area contributed by atoms with E-state index >= 15 is 0 Å². The second-order valence-corrected chi connectivity index (χ2v) is 5.51. The summed E-state index contributed by atoms with van der Waals surface area (Å²) < 4.78 is 43.9. The fraction of sp³-hybridized carbons (Fsp3) is 0.200. The number of alkyl halides is 2. The molecule has 7 heteroatoms. The first-order valence-electron chi connectivity index (χ1n) is 6.13. The second kappa shape index (κ2) is 6.07. The first-order chi connectivity index (χ1) is 10.3. The number of aromatic nitrogens is 1. The molecule has 2 rings (SSSR count). The molecule has 22 heavy (non-hydrogen) atoms. The normalized spacial score (nSPS) is 14.2. The van der Waals surface area contributed by atoms with Gasteiger partial charge in [0.1, 0.15) is 11.5 Å². The molecule has 0 spiro atoms. The van der Waals surface area contributed by atoms with Crippen molar-refractivity contribution in [2.45, 2.75) is 11.5 Å². The number of halogens is 4. The average molecular weight is 371 g/mol. The lowest BCUT2D eigenvalue weighted by molar-refractivity contribution is -0.190. The Labute approximate surface area is 133 Å². The van der Waals surface area contributed by atoms with Crippen molar-refractivity contribution in [1.29, 1.82) is 0 Å². The predicted octanol–water partition coefficient (Wildman–Crippen LogP) is 3.88. The van der Waals surface area contributed by atoms with Crippen LogP contribution in [0.4, 0.5) is 13.2 Å².